The van der Waals surface area contributed by atoms with Gasteiger partial charge in [0.2, 0.25) is 0 Å². The number of rotatable bonds is 3. The third-order valence-electron chi connectivity index (χ3n) is 4.08. The number of nitrogens with one attached hydrogen (secondary N) is 3. The first kappa shape index (κ1) is 17.5. The minimum absolute atomic E-state index is 0.456. The number of para-hydroxylation sites is 1. The average Bonchev–Trinajstić information content (AvgIpc) is 3.05. The highest BCUT2D eigenvalue weighted by atomic mass is 35.5. The van der Waals surface area contributed by atoms with E-state index in [-0.39, 0.29) is 0 Å². The summed E-state index contributed by atoms with van der Waals surface area (Å²) in [6.45, 7) is 1.95. The molecule has 0 radical (unpaired) electrons. The van der Waals surface area contributed by atoms with Crippen molar-refractivity contribution >= 4 is 51.5 Å². The Morgan fingerprint density at radius 2 is 1.78 bits per heavy atom. The molecular formula is C20H16ClN5S. The predicted octanol–water partition coefficient (Wildman–Crippen LogP) is 5.40. The second-order valence-corrected chi connectivity index (χ2v) is 6.90. The second-order valence-electron chi connectivity index (χ2n) is 6.06. The topological polar surface area (TPSA) is 65.6 Å². The number of fused-ring (bicyclic) bond motifs is 1. The number of nitrogens with zero attached hydrogens (tertiary/aromatic N) is 2. The predicted molar refractivity (Wildman–Crippen MR) is 115 cm³/mol. The number of anilines is 2. The zero-order valence-electron chi connectivity index (χ0n) is 14.5. The van der Waals surface area contributed by atoms with Gasteiger partial charge in [0.1, 0.15) is 0 Å². The standard InChI is InChI=1S/C20H16ClN5S/c1-12-11-16(13-7-9-14(21)10-8-13)17-18(22-12)25-26-19(17)24-20(27)23-15-5-3-2-4-6-15/h2-11H,1H3,(H3,22,23,24,25,26,27). The average molecular weight is 394 g/mol. The summed E-state index contributed by atoms with van der Waals surface area (Å²) in [7, 11) is 0. The fourth-order valence-electron chi connectivity index (χ4n) is 2.90. The van der Waals surface area contributed by atoms with Crippen LogP contribution >= 0.6 is 23.8 Å². The maximum atomic E-state index is 6.04. The molecule has 7 heteroatoms. The number of hydrogen-bond acceptors (Lipinski definition) is 3. The van der Waals surface area contributed by atoms with Gasteiger partial charge in [0.05, 0.1) is 5.39 Å². The molecule has 2 aromatic heterocycles. The number of H-pyrrole nitrogens is 1. The molecule has 0 aliphatic rings. The van der Waals surface area contributed by atoms with Crippen LogP contribution in [0.15, 0.2) is 60.7 Å². The molecule has 2 aromatic carbocycles. The van der Waals surface area contributed by atoms with E-state index in [0.717, 1.165) is 27.9 Å². The van der Waals surface area contributed by atoms with Crippen molar-refractivity contribution in [2.45, 2.75) is 6.92 Å². The number of aromatic amines is 1. The van der Waals surface area contributed by atoms with Gasteiger partial charge in [-0.3, -0.25) is 5.10 Å². The summed E-state index contributed by atoms with van der Waals surface area (Å²) in [6.07, 6.45) is 0. The van der Waals surface area contributed by atoms with Crippen molar-refractivity contribution in [1.29, 1.82) is 0 Å². The van der Waals surface area contributed by atoms with E-state index in [1.807, 2.05) is 67.6 Å². The molecule has 0 bridgehead atoms. The van der Waals surface area contributed by atoms with Crippen molar-refractivity contribution in [2.75, 3.05) is 10.6 Å². The van der Waals surface area contributed by atoms with Crippen molar-refractivity contribution in [3.05, 3.63) is 71.4 Å². The lowest BCUT2D eigenvalue weighted by molar-refractivity contribution is 1.09. The van der Waals surface area contributed by atoms with Crippen molar-refractivity contribution < 1.29 is 0 Å². The van der Waals surface area contributed by atoms with Gasteiger partial charge in [-0.2, -0.15) is 5.10 Å². The van der Waals surface area contributed by atoms with Crippen LogP contribution in [0.5, 0.6) is 0 Å². The lowest BCUT2D eigenvalue weighted by atomic mass is 10.0. The van der Waals surface area contributed by atoms with Crippen LogP contribution in [0.3, 0.4) is 0 Å². The Morgan fingerprint density at radius 1 is 1.04 bits per heavy atom. The van der Waals surface area contributed by atoms with Crippen molar-refractivity contribution in [1.82, 2.24) is 15.2 Å². The van der Waals surface area contributed by atoms with Crippen molar-refractivity contribution in [3.8, 4) is 11.1 Å². The number of hydrogen-bond donors (Lipinski definition) is 3. The van der Waals surface area contributed by atoms with Crippen LogP contribution in [0, 0.1) is 6.92 Å². The SMILES string of the molecule is Cc1cc(-c2ccc(Cl)cc2)c2c(NC(=S)Nc3ccccc3)n[nH]c2n1. The maximum Gasteiger partial charge on any atom is 0.176 e. The van der Waals surface area contributed by atoms with Gasteiger partial charge in [-0.05, 0) is 60.6 Å². The summed E-state index contributed by atoms with van der Waals surface area (Å²) in [5, 5.41) is 15.7. The minimum Gasteiger partial charge on any atom is -0.332 e. The second kappa shape index (κ2) is 7.34. The summed E-state index contributed by atoms with van der Waals surface area (Å²) in [5.41, 5.74) is 4.54. The van der Waals surface area contributed by atoms with Crippen LogP contribution in [0.25, 0.3) is 22.2 Å². The highest BCUT2D eigenvalue weighted by Crippen LogP contribution is 2.33. The normalized spacial score (nSPS) is 10.7. The molecule has 134 valence electrons. The Morgan fingerprint density at radius 3 is 2.52 bits per heavy atom. The molecule has 0 aliphatic carbocycles. The molecule has 5 nitrogen and oxygen atoms in total. The van der Waals surface area contributed by atoms with Gasteiger partial charge in [-0.1, -0.05) is 41.9 Å². The van der Waals surface area contributed by atoms with E-state index in [0.29, 0.717) is 21.6 Å². The zero-order valence-corrected chi connectivity index (χ0v) is 16.0. The fourth-order valence-corrected chi connectivity index (χ4v) is 3.24. The molecular weight excluding hydrogens is 378 g/mol. The first-order valence-corrected chi connectivity index (χ1v) is 9.13. The molecule has 0 amide bonds. The van der Waals surface area contributed by atoms with Crippen LogP contribution in [0.4, 0.5) is 11.5 Å². The van der Waals surface area contributed by atoms with Crippen LogP contribution in [-0.4, -0.2) is 20.3 Å². The van der Waals surface area contributed by atoms with Gasteiger partial charge in [0.25, 0.3) is 0 Å². The maximum absolute atomic E-state index is 6.04. The Labute approximate surface area is 166 Å². The monoisotopic (exact) mass is 393 g/mol. The van der Waals surface area contributed by atoms with E-state index in [1.54, 1.807) is 0 Å². The van der Waals surface area contributed by atoms with E-state index >= 15 is 0 Å². The number of benzene rings is 2. The van der Waals surface area contributed by atoms with Crippen LogP contribution in [-0.2, 0) is 0 Å². The van der Waals surface area contributed by atoms with E-state index in [1.165, 1.54) is 0 Å². The third kappa shape index (κ3) is 3.77. The summed E-state index contributed by atoms with van der Waals surface area (Å²) in [5.74, 6) is 0.621. The highest BCUT2D eigenvalue weighted by molar-refractivity contribution is 7.80. The quantitative estimate of drug-likeness (QED) is 0.407. The van der Waals surface area contributed by atoms with Gasteiger partial charge in [0.15, 0.2) is 16.6 Å². The smallest absolute Gasteiger partial charge is 0.176 e. The Balaban J connectivity index is 1.71. The third-order valence-corrected chi connectivity index (χ3v) is 4.53. The van der Waals surface area contributed by atoms with Gasteiger partial charge in [-0.15, -0.1) is 0 Å². The zero-order chi connectivity index (χ0) is 18.8. The molecule has 27 heavy (non-hydrogen) atoms. The largest absolute Gasteiger partial charge is 0.332 e. The number of halogens is 1. The van der Waals surface area contributed by atoms with Crippen LogP contribution in [0.2, 0.25) is 5.02 Å². The molecule has 0 fully saturated rings. The molecule has 0 aliphatic heterocycles. The number of aromatic nitrogens is 3. The molecule has 0 spiro atoms. The molecule has 0 saturated heterocycles. The van der Waals surface area contributed by atoms with E-state index in [4.69, 9.17) is 23.8 Å². The molecule has 0 atom stereocenters. The van der Waals surface area contributed by atoms with E-state index < -0.39 is 0 Å². The summed E-state index contributed by atoms with van der Waals surface area (Å²) in [4.78, 5) is 4.54. The Bertz CT molecular complexity index is 1110. The summed E-state index contributed by atoms with van der Waals surface area (Å²) < 4.78 is 0. The van der Waals surface area contributed by atoms with Gasteiger partial charge in [0, 0.05) is 16.4 Å². The van der Waals surface area contributed by atoms with E-state index in [2.05, 4.69) is 25.8 Å². The lowest BCUT2D eigenvalue weighted by Crippen LogP contribution is -2.19. The molecule has 4 aromatic rings. The molecule has 0 unspecified atom stereocenters. The van der Waals surface area contributed by atoms with Gasteiger partial charge >= 0.3 is 0 Å². The first-order chi connectivity index (χ1) is 13.1. The number of thiocarbonyl (C=S) groups is 1. The van der Waals surface area contributed by atoms with E-state index in [9.17, 15) is 0 Å². The summed E-state index contributed by atoms with van der Waals surface area (Å²) in [6, 6.07) is 19.5. The fraction of sp³-hybridized carbons (Fsp3) is 0.0500. The number of pyridine rings is 1. The van der Waals surface area contributed by atoms with Gasteiger partial charge < -0.3 is 10.6 Å². The molecule has 4 rings (SSSR count). The lowest BCUT2D eigenvalue weighted by Gasteiger charge is -2.10. The Kier molecular flexibility index (Phi) is 4.75. The summed E-state index contributed by atoms with van der Waals surface area (Å²) >= 11 is 11.5. The highest BCUT2D eigenvalue weighted by Gasteiger charge is 2.15. The number of aryl methyl sites for hydroxylation is 1. The van der Waals surface area contributed by atoms with Crippen LogP contribution in [0.1, 0.15) is 5.69 Å². The minimum atomic E-state index is 0.456. The molecule has 3 N–H and O–H groups in total. The molecule has 0 saturated carbocycles. The molecule has 2 heterocycles. The van der Waals surface area contributed by atoms with Crippen LogP contribution < -0.4 is 10.6 Å². The van der Waals surface area contributed by atoms with Crippen molar-refractivity contribution in [3.63, 3.8) is 0 Å². The van der Waals surface area contributed by atoms with Crippen molar-refractivity contribution in [2.24, 2.45) is 0 Å². The first-order valence-electron chi connectivity index (χ1n) is 8.35. The van der Waals surface area contributed by atoms with Gasteiger partial charge in [-0.25, -0.2) is 4.98 Å². The Hall–Kier alpha value is -2.96.